The summed E-state index contributed by atoms with van der Waals surface area (Å²) in [5.74, 6) is 1.84. The largest absolute Gasteiger partial charge is 0.486 e. The standard InChI is InChI=1S/C21H29N5O/c1-21(2)16-25(15-18-6-4-5-7-19(18)27-21)14-17-12-22-20(23-13-17)26-10-8-24(3)9-11-26/h4-7,12-13H,8-11,14-16H2,1-3H3. The summed E-state index contributed by atoms with van der Waals surface area (Å²) in [5, 5.41) is 0. The number of anilines is 1. The molecule has 0 bridgehead atoms. The number of hydrogen-bond donors (Lipinski definition) is 0. The third-order valence-corrected chi connectivity index (χ3v) is 5.24. The maximum Gasteiger partial charge on any atom is 0.225 e. The molecule has 27 heavy (non-hydrogen) atoms. The van der Waals surface area contributed by atoms with Crippen molar-refractivity contribution in [1.29, 1.82) is 0 Å². The maximum absolute atomic E-state index is 6.24. The number of rotatable bonds is 3. The summed E-state index contributed by atoms with van der Waals surface area (Å²) < 4.78 is 6.24. The van der Waals surface area contributed by atoms with Crippen molar-refractivity contribution in [3.63, 3.8) is 0 Å². The summed E-state index contributed by atoms with van der Waals surface area (Å²) in [6, 6.07) is 8.33. The zero-order valence-electron chi connectivity index (χ0n) is 16.6. The van der Waals surface area contributed by atoms with Crippen LogP contribution in [0.15, 0.2) is 36.7 Å². The van der Waals surface area contributed by atoms with E-state index in [4.69, 9.17) is 4.74 Å². The fourth-order valence-corrected chi connectivity index (χ4v) is 3.87. The van der Waals surface area contributed by atoms with E-state index in [1.165, 1.54) is 5.56 Å². The van der Waals surface area contributed by atoms with Crippen LogP contribution < -0.4 is 9.64 Å². The Morgan fingerprint density at radius 3 is 2.48 bits per heavy atom. The van der Waals surface area contributed by atoms with Crippen LogP contribution in [-0.2, 0) is 13.1 Å². The average Bonchev–Trinajstić information content (AvgIpc) is 2.77. The highest BCUT2D eigenvalue weighted by Crippen LogP contribution is 2.29. The molecule has 4 rings (SSSR count). The summed E-state index contributed by atoms with van der Waals surface area (Å²) in [6.45, 7) is 11.0. The second-order valence-corrected chi connectivity index (χ2v) is 8.30. The van der Waals surface area contributed by atoms with Crippen molar-refractivity contribution in [3.8, 4) is 5.75 Å². The van der Waals surface area contributed by atoms with Gasteiger partial charge in [0.1, 0.15) is 11.4 Å². The van der Waals surface area contributed by atoms with E-state index >= 15 is 0 Å². The third kappa shape index (κ3) is 4.39. The number of nitrogens with zero attached hydrogens (tertiary/aromatic N) is 5. The minimum absolute atomic E-state index is 0.229. The van der Waals surface area contributed by atoms with Gasteiger partial charge in [-0.05, 0) is 27.0 Å². The van der Waals surface area contributed by atoms with E-state index in [0.717, 1.165) is 63.1 Å². The van der Waals surface area contributed by atoms with Gasteiger partial charge in [0.15, 0.2) is 0 Å². The van der Waals surface area contributed by atoms with Gasteiger partial charge in [-0.1, -0.05) is 18.2 Å². The second-order valence-electron chi connectivity index (χ2n) is 8.30. The summed E-state index contributed by atoms with van der Waals surface area (Å²) >= 11 is 0. The van der Waals surface area contributed by atoms with Gasteiger partial charge in [0.2, 0.25) is 5.95 Å². The SMILES string of the molecule is CN1CCN(c2ncc(CN3Cc4ccccc4OC(C)(C)C3)cn2)CC1. The van der Waals surface area contributed by atoms with Crippen LogP contribution in [0, 0.1) is 0 Å². The Labute approximate surface area is 161 Å². The van der Waals surface area contributed by atoms with Crippen molar-refractivity contribution in [2.24, 2.45) is 0 Å². The Hall–Kier alpha value is -2.18. The van der Waals surface area contributed by atoms with Crippen LogP contribution in [0.2, 0.25) is 0 Å². The molecule has 2 aromatic rings. The average molecular weight is 367 g/mol. The fraction of sp³-hybridized carbons (Fsp3) is 0.524. The monoisotopic (exact) mass is 367 g/mol. The first-order valence-corrected chi connectivity index (χ1v) is 9.72. The third-order valence-electron chi connectivity index (χ3n) is 5.24. The topological polar surface area (TPSA) is 44.7 Å². The summed E-state index contributed by atoms with van der Waals surface area (Å²) in [4.78, 5) is 16.3. The molecule has 2 aliphatic rings. The molecule has 0 radical (unpaired) electrons. The number of likely N-dealkylation sites (N-methyl/N-ethyl adjacent to an activating group) is 1. The normalized spacial score (nSPS) is 20.6. The van der Waals surface area contributed by atoms with Crippen molar-refractivity contribution in [2.45, 2.75) is 32.5 Å². The van der Waals surface area contributed by atoms with Crippen LogP contribution in [0.25, 0.3) is 0 Å². The maximum atomic E-state index is 6.24. The lowest BCUT2D eigenvalue weighted by molar-refractivity contribution is 0.0682. The predicted octanol–water partition coefficient (Wildman–Crippen LogP) is 2.40. The van der Waals surface area contributed by atoms with Gasteiger partial charge >= 0.3 is 0 Å². The molecule has 2 aliphatic heterocycles. The van der Waals surface area contributed by atoms with Crippen LogP contribution >= 0.6 is 0 Å². The highest BCUT2D eigenvalue weighted by molar-refractivity contribution is 5.35. The van der Waals surface area contributed by atoms with Crippen LogP contribution in [-0.4, -0.2) is 65.1 Å². The zero-order valence-corrected chi connectivity index (χ0v) is 16.6. The van der Waals surface area contributed by atoms with Crippen molar-refractivity contribution >= 4 is 5.95 Å². The Balaban J connectivity index is 1.45. The number of piperazine rings is 1. The lowest BCUT2D eigenvalue weighted by atomic mass is 10.1. The molecule has 3 heterocycles. The van der Waals surface area contributed by atoms with Crippen LogP contribution in [0.5, 0.6) is 5.75 Å². The molecule has 0 atom stereocenters. The van der Waals surface area contributed by atoms with Crippen LogP contribution in [0.3, 0.4) is 0 Å². The first-order chi connectivity index (χ1) is 13.0. The molecule has 0 unspecified atom stereocenters. The molecule has 6 heteroatoms. The Kier molecular flexibility index (Phi) is 5.02. The number of hydrogen-bond acceptors (Lipinski definition) is 6. The molecule has 1 aromatic carbocycles. The number of benzene rings is 1. The number of aromatic nitrogens is 2. The molecule has 144 valence electrons. The summed E-state index contributed by atoms with van der Waals surface area (Å²) in [7, 11) is 2.16. The number of fused-ring (bicyclic) bond motifs is 1. The van der Waals surface area contributed by atoms with Gasteiger partial charge in [0.25, 0.3) is 0 Å². The highest BCUT2D eigenvalue weighted by Gasteiger charge is 2.29. The summed E-state index contributed by atoms with van der Waals surface area (Å²) in [5.41, 5.74) is 2.15. The van der Waals surface area contributed by atoms with Gasteiger partial charge in [-0.3, -0.25) is 4.90 Å². The van der Waals surface area contributed by atoms with Crippen LogP contribution in [0.1, 0.15) is 25.0 Å². The van der Waals surface area contributed by atoms with Crippen LogP contribution in [0.4, 0.5) is 5.95 Å². The molecule has 0 spiro atoms. The summed E-state index contributed by atoms with van der Waals surface area (Å²) in [6.07, 6.45) is 3.95. The van der Waals surface area contributed by atoms with E-state index in [1.807, 2.05) is 18.5 Å². The smallest absolute Gasteiger partial charge is 0.225 e. The van der Waals surface area contributed by atoms with Gasteiger partial charge in [-0.15, -0.1) is 0 Å². The van der Waals surface area contributed by atoms with Crippen molar-refractivity contribution in [1.82, 2.24) is 19.8 Å². The van der Waals surface area contributed by atoms with Gasteiger partial charge in [0, 0.05) is 69.3 Å². The lowest BCUT2D eigenvalue weighted by Gasteiger charge is -2.32. The first-order valence-electron chi connectivity index (χ1n) is 9.72. The Morgan fingerprint density at radius 1 is 1.04 bits per heavy atom. The highest BCUT2D eigenvalue weighted by atomic mass is 16.5. The van der Waals surface area contributed by atoms with Gasteiger partial charge < -0.3 is 14.5 Å². The molecule has 0 saturated carbocycles. The molecule has 1 aromatic heterocycles. The molecule has 0 N–H and O–H groups in total. The zero-order chi connectivity index (χ0) is 18.9. The predicted molar refractivity (Wildman–Crippen MR) is 107 cm³/mol. The minimum atomic E-state index is -0.229. The second kappa shape index (κ2) is 7.44. The molecule has 1 fully saturated rings. The Bertz CT molecular complexity index is 768. The van der Waals surface area contributed by atoms with Gasteiger partial charge in [0.05, 0.1) is 0 Å². The molecule has 0 aliphatic carbocycles. The van der Waals surface area contributed by atoms with Crippen molar-refractivity contribution < 1.29 is 4.74 Å². The quantitative estimate of drug-likeness (QED) is 0.830. The first kappa shape index (κ1) is 18.2. The van der Waals surface area contributed by atoms with E-state index < -0.39 is 0 Å². The molecular formula is C21H29N5O. The number of para-hydroxylation sites is 1. The van der Waals surface area contributed by atoms with E-state index in [-0.39, 0.29) is 5.60 Å². The molecular weight excluding hydrogens is 338 g/mol. The van der Waals surface area contributed by atoms with E-state index in [9.17, 15) is 0 Å². The fourth-order valence-electron chi connectivity index (χ4n) is 3.87. The van der Waals surface area contributed by atoms with E-state index in [1.54, 1.807) is 0 Å². The van der Waals surface area contributed by atoms with Crippen molar-refractivity contribution in [3.05, 3.63) is 47.8 Å². The molecule has 6 nitrogen and oxygen atoms in total. The van der Waals surface area contributed by atoms with Gasteiger partial charge in [-0.2, -0.15) is 0 Å². The molecule has 1 saturated heterocycles. The minimum Gasteiger partial charge on any atom is -0.486 e. The number of ether oxygens (including phenoxy) is 1. The van der Waals surface area contributed by atoms with E-state index in [2.05, 4.69) is 63.8 Å². The lowest BCUT2D eigenvalue weighted by Crippen LogP contribution is -2.45. The van der Waals surface area contributed by atoms with Gasteiger partial charge in [-0.25, -0.2) is 9.97 Å². The Morgan fingerprint density at radius 2 is 1.74 bits per heavy atom. The molecule has 0 amide bonds. The van der Waals surface area contributed by atoms with E-state index in [0.29, 0.717) is 0 Å². The van der Waals surface area contributed by atoms with Crippen molar-refractivity contribution in [2.75, 3.05) is 44.7 Å².